The number of piperidine rings is 1. The van der Waals surface area contributed by atoms with Gasteiger partial charge in [-0.15, -0.1) is 0 Å². The first-order chi connectivity index (χ1) is 13.9. The average molecular weight is 476 g/mol. The number of hydrogen-bond donors (Lipinski definition) is 1. The summed E-state index contributed by atoms with van der Waals surface area (Å²) in [6, 6.07) is 18.7. The van der Waals surface area contributed by atoms with Crippen LogP contribution in [-0.4, -0.2) is 61.1 Å². The lowest BCUT2D eigenvalue weighted by atomic mass is 9.86. The van der Waals surface area contributed by atoms with Crippen LogP contribution in [0.3, 0.4) is 0 Å². The number of esters is 1. The van der Waals surface area contributed by atoms with Crippen LogP contribution in [0.5, 0.6) is 0 Å². The first-order valence-corrected chi connectivity index (χ1v) is 10.3. The Kier molecular flexibility index (Phi) is 6.72. The summed E-state index contributed by atoms with van der Waals surface area (Å²) in [6.45, 7) is 0. The van der Waals surface area contributed by atoms with Gasteiger partial charge in [-0.1, -0.05) is 60.7 Å². The van der Waals surface area contributed by atoms with Gasteiger partial charge in [-0.25, -0.2) is 4.79 Å². The van der Waals surface area contributed by atoms with Gasteiger partial charge in [0.1, 0.15) is 18.2 Å². The van der Waals surface area contributed by atoms with E-state index in [0.717, 1.165) is 23.7 Å². The molecule has 0 saturated carbocycles. The number of benzene rings is 2. The largest absolute Gasteiger partial charge is 1.00 e. The van der Waals surface area contributed by atoms with Gasteiger partial charge in [-0.3, -0.25) is 0 Å². The molecule has 0 spiro atoms. The van der Waals surface area contributed by atoms with Crippen molar-refractivity contribution in [2.45, 2.75) is 49.2 Å². The van der Waals surface area contributed by atoms with Crippen LogP contribution in [0.2, 0.25) is 0 Å². The zero-order valence-corrected chi connectivity index (χ0v) is 19.3. The second-order valence-electron chi connectivity index (χ2n) is 8.80. The lowest BCUT2D eigenvalue weighted by molar-refractivity contribution is -0.932. The van der Waals surface area contributed by atoms with E-state index in [1.165, 1.54) is 0 Å². The number of nitrogens with zero attached hydrogens (tertiary/aromatic N) is 1. The van der Waals surface area contributed by atoms with E-state index in [1.54, 1.807) is 31.4 Å². The maximum Gasteiger partial charge on any atom is 0.347 e. The first kappa shape index (κ1) is 22.9. The molecule has 0 unspecified atom stereocenters. The molecule has 6 heteroatoms. The SMILES string of the molecule is CO[C@H]1C[C@@H]2C[C@H](OC(=O)C(O)(c3ccccc3)c3ccccc3)C[C@H]1[N+]2(C)C.[Br-]. The van der Waals surface area contributed by atoms with Gasteiger partial charge in [0, 0.05) is 26.4 Å². The topological polar surface area (TPSA) is 55.8 Å². The second-order valence-corrected chi connectivity index (χ2v) is 8.80. The molecule has 30 heavy (non-hydrogen) atoms. The summed E-state index contributed by atoms with van der Waals surface area (Å²) in [5, 5.41) is 11.6. The van der Waals surface area contributed by atoms with Crippen LogP contribution >= 0.6 is 0 Å². The fourth-order valence-corrected chi connectivity index (χ4v) is 5.20. The Labute approximate surface area is 189 Å². The highest BCUT2D eigenvalue weighted by Gasteiger charge is 2.56. The van der Waals surface area contributed by atoms with Crippen LogP contribution in [0, 0.1) is 0 Å². The number of halogens is 1. The first-order valence-electron chi connectivity index (χ1n) is 10.3. The van der Waals surface area contributed by atoms with Gasteiger partial charge in [-0.05, 0) is 11.1 Å². The smallest absolute Gasteiger partial charge is 0.347 e. The summed E-state index contributed by atoms with van der Waals surface area (Å²) in [5.41, 5.74) is -0.800. The zero-order valence-electron chi connectivity index (χ0n) is 17.7. The summed E-state index contributed by atoms with van der Waals surface area (Å²) in [6.07, 6.45) is 2.47. The molecule has 0 amide bonds. The van der Waals surface area contributed by atoms with Gasteiger partial charge in [0.25, 0.3) is 0 Å². The third kappa shape index (κ3) is 3.82. The van der Waals surface area contributed by atoms with Gasteiger partial charge < -0.3 is 36.0 Å². The van der Waals surface area contributed by atoms with Crippen molar-refractivity contribution in [1.29, 1.82) is 0 Å². The highest BCUT2D eigenvalue weighted by Crippen LogP contribution is 2.43. The molecular formula is C24H30BrNO4. The molecular weight excluding hydrogens is 446 g/mol. The third-order valence-electron chi connectivity index (χ3n) is 7.02. The number of methoxy groups -OCH3 is 1. The number of fused-ring (bicyclic) bond motifs is 2. The summed E-state index contributed by atoms with van der Waals surface area (Å²) in [7, 11) is 6.23. The summed E-state index contributed by atoms with van der Waals surface area (Å²) >= 11 is 0. The second kappa shape index (κ2) is 8.79. The molecule has 162 valence electrons. The van der Waals surface area contributed by atoms with E-state index in [0.29, 0.717) is 17.2 Å². The van der Waals surface area contributed by atoms with Crippen LogP contribution in [0.4, 0.5) is 0 Å². The number of ether oxygens (including phenoxy) is 2. The minimum Gasteiger partial charge on any atom is -1.00 e. The lowest BCUT2D eigenvalue weighted by Gasteiger charge is -2.44. The van der Waals surface area contributed by atoms with Crippen molar-refractivity contribution < 1.29 is 40.8 Å². The summed E-state index contributed by atoms with van der Waals surface area (Å²) in [4.78, 5) is 13.4. The van der Waals surface area contributed by atoms with E-state index in [4.69, 9.17) is 9.47 Å². The van der Waals surface area contributed by atoms with E-state index >= 15 is 0 Å². The summed E-state index contributed by atoms with van der Waals surface area (Å²) in [5.74, 6) is -0.611. The van der Waals surface area contributed by atoms with E-state index < -0.39 is 11.6 Å². The van der Waals surface area contributed by atoms with Gasteiger partial charge >= 0.3 is 5.97 Å². The molecule has 2 aromatic carbocycles. The van der Waals surface area contributed by atoms with Crippen LogP contribution in [-0.2, 0) is 19.9 Å². The lowest BCUT2D eigenvalue weighted by Crippen LogP contribution is -3.00. The Hall–Kier alpha value is -1.73. The highest BCUT2D eigenvalue weighted by molar-refractivity contribution is 5.85. The van der Waals surface area contributed by atoms with Crippen LogP contribution in [0.15, 0.2) is 60.7 Å². The van der Waals surface area contributed by atoms with Crippen molar-refractivity contribution in [3.63, 3.8) is 0 Å². The molecule has 2 aliphatic heterocycles. The Morgan fingerprint density at radius 2 is 1.50 bits per heavy atom. The Morgan fingerprint density at radius 1 is 0.967 bits per heavy atom. The third-order valence-corrected chi connectivity index (χ3v) is 7.02. The van der Waals surface area contributed by atoms with E-state index in [1.807, 2.05) is 36.4 Å². The van der Waals surface area contributed by atoms with Crippen LogP contribution in [0.1, 0.15) is 30.4 Å². The molecule has 2 bridgehead atoms. The van der Waals surface area contributed by atoms with Crippen LogP contribution in [0.25, 0.3) is 0 Å². The van der Waals surface area contributed by atoms with Crippen molar-refractivity contribution in [2.75, 3.05) is 21.2 Å². The Bertz CT molecular complexity index is 819. The molecule has 0 radical (unpaired) electrons. The molecule has 2 saturated heterocycles. The molecule has 5 nitrogen and oxygen atoms in total. The van der Waals surface area contributed by atoms with Crippen molar-refractivity contribution in [2.24, 2.45) is 0 Å². The monoisotopic (exact) mass is 475 g/mol. The molecule has 2 heterocycles. The number of likely N-dealkylation sites (N-methyl/N-ethyl adjacent to an activating group) is 1. The van der Waals surface area contributed by atoms with Gasteiger partial charge in [0.15, 0.2) is 0 Å². The normalized spacial score (nSPS) is 27.2. The zero-order chi connectivity index (χ0) is 20.6. The molecule has 1 N–H and O–H groups in total. The van der Waals surface area contributed by atoms with Crippen molar-refractivity contribution in [1.82, 2.24) is 0 Å². The highest BCUT2D eigenvalue weighted by atomic mass is 79.9. The fourth-order valence-electron chi connectivity index (χ4n) is 5.20. The quantitative estimate of drug-likeness (QED) is 0.483. The number of aliphatic hydroxyl groups is 1. The number of rotatable bonds is 5. The predicted octanol–water partition coefficient (Wildman–Crippen LogP) is -0.136. The van der Waals surface area contributed by atoms with Gasteiger partial charge in [0.2, 0.25) is 5.60 Å². The number of quaternary nitrogens is 1. The molecule has 2 aliphatic rings. The van der Waals surface area contributed by atoms with Gasteiger partial charge in [-0.2, -0.15) is 0 Å². The maximum atomic E-state index is 13.4. The molecule has 4 atom stereocenters. The standard InChI is InChI=1S/C24H30NO4.BrH/c1-25(2)19-14-20(16-21(25)22(15-19)28-3)29-23(26)24(27,17-10-6-4-7-11-17)18-12-8-5-9-13-18;/h4-13,19-22,27H,14-16H2,1-3H3;1H/q+1;/p-1/t19-,20-,21+,22-;/m0./s1. The maximum absolute atomic E-state index is 13.4. The van der Waals surface area contributed by atoms with Crippen LogP contribution < -0.4 is 17.0 Å². The molecule has 2 fully saturated rings. The predicted molar refractivity (Wildman–Crippen MR) is 110 cm³/mol. The van der Waals surface area contributed by atoms with Crippen molar-refractivity contribution in [3.05, 3.63) is 71.8 Å². The fraction of sp³-hybridized carbons (Fsp3) is 0.458. The minimum absolute atomic E-state index is 0. The van der Waals surface area contributed by atoms with E-state index in [-0.39, 0.29) is 35.2 Å². The summed E-state index contributed by atoms with van der Waals surface area (Å²) < 4.78 is 12.6. The molecule has 0 aromatic heterocycles. The number of carbonyl (C=O) groups is 1. The Morgan fingerprint density at radius 3 is 2.00 bits per heavy atom. The van der Waals surface area contributed by atoms with Crippen molar-refractivity contribution >= 4 is 5.97 Å². The molecule has 4 rings (SSSR count). The number of hydrogen-bond acceptors (Lipinski definition) is 4. The Balaban J connectivity index is 0.00000256. The van der Waals surface area contributed by atoms with Crippen molar-refractivity contribution in [3.8, 4) is 0 Å². The molecule has 2 aromatic rings. The number of carbonyl (C=O) groups excluding carboxylic acids is 1. The van der Waals surface area contributed by atoms with E-state index in [2.05, 4.69) is 14.1 Å². The minimum atomic E-state index is -1.83. The molecule has 0 aliphatic carbocycles. The van der Waals surface area contributed by atoms with E-state index in [9.17, 15) is 9.90 Å². The van der Waals surface area contributed by atoms with Gasteiger partial charge in [0.05, 0.1) is 20.1 Å². The average Bonchev–Trinajstić information content (AvgIpc) is 2.87.